The highest BCUT2D eigenvalue weighted by atomic mass is 32.1. The van der Waals surface area contributed by atoms with Crippen molar-refractivity contribution < 1.29 is 9.47 Å². The van der Waals surface area contributed by atoms with Crippen LogP contribution in [-0.2, 0) is 9.47 Å². The lowest BCUT2D eigenvalue weighted by Gasteiger charge is -2.18. The number of aryl methyl sites for hydroxylation is 2. The van der Waals surface area contributed by atoms with Crippen molar-refractivity contribution >= 4 is 11.3 Å². The van der Waals surface area contributed by atoms with Crippen molar-refractivity contribution in [2.75, 3.05) is 26.4 Å². The van der Waals surface area contributed by atoms with Crippen molar-refractivity contribution in [1.82, 2.24) is 19.7 Å². The van der Waals surface area contributed by atoms with Crippen LogP contribution in [0.5, 0.6) is 0 Å². The second kappa shape index (κ2) is 6.30. The molecule has 7 heteroatoms. The Labute approximate surface area is 139 Å². The second-order valence-corrected chi connectivity index (χ2v) is 7.51. The highest BCUT2D eigenvalue weighted by Gasteiger charge is 2.29. The lowest BCUT2D eigenvalue weighted by Crippen LogP contribution is -2.15. The average molecular weight is 334 g/mol. The van der Waals surface area contributed by atoms with Crippen LogP contribution in [0, 0.1) is 13.8 Å². The zero-order chi connectivity index (χ0) is 15.8. The SMILES string of the molecule is Cc1nc(-n2nc(C3CCOCC3)nc2[C@@H]2CCOC2)sc1C. The van der Waals surface area contributed by atoms with Gasteiger partial charge in [0.1, 0.15) is 5.82 Å². The topological polar surface area (TPSA) is 62.1 Å². The largest absolute Gasteiger partial charge is 0.381 e. The molecule has 2 aliphatic heterocycles. The smallest absolute Gasteiger partial charge is 0.212 e. The van der Waals surface area contributed by atoms with E-state index in [1.54, 1.807) is 11.3 Å². The first-order valence-corrected chi connectivity index (χ1v) is 9.11. The molecule has 0 N–H and O–H groups in total. The Balaban J connectivity index is 1.73. The van der Waals surface area contributed by atoms with Gasteiger partial charge in [-0.25, -0.2) is 9.97 Å². The molecule has 124 valence electrons. The van der Waals surface area contributed by atoms with Gasteiger partial charge in [-0.3, -0.25) is 0 Å². The maximum atomic E-state index is 5.57. The number of hydrogen-bond acceptors (Lipinski definition) is 6. The molecule has 0 saturated carbocycles. The molecule has 0 amide bonds. The molecule has 23 heavy (non-hydrogen) atoms. The molecule has 2 aliphatic rings. The van der Waals surface area contributed by atoms with Gasteiger partial charge in [-0.05, 0) is 33.1 Å². The molecule has 4 rings (SSSR count). The average Bonchev–Trinajstić information content (AvgIpc) is 3.28. The summed E-state index contributed by atoms with van der Waals surface area (Å²) in [5.74, 6) is 2.67. The van der Waals surface area contributed by atoms with Gasteiger partial charge in [-0.1, -0.05) is 11.3 Å². The van der Waals surface area contributed by atoms with Crippen LogP contribution in [0.25, 0.3) is 5.13 Å². The Morgan fingerprint density at radius 2 is 1.74 bits per heavy atom. The van der Waals surface area contributed by atoms with Crippen LogP contribution in [0.3, 0.4) is 0 Å². The molecule has 0 radical (unpaired) electrons. The van der Waals surface area contributed by atoms with Gasteiger partial charge in [0.2, 0.25) is 5.13 Å². The fraction of sp³-hybridized carbons (Fsp3) is 0.688. The Kier molecular flexibility index (Phi) is 4.17. The predicted octanol–water partition coefficient (Wildman–Crippen LogP) is 2.74. The van der Waals surface area contributed by atoms with Gasteiger partial charge in [0, 0.05) is 36.5 Å². The lowest BCUT2D eigenvalue weighted by molar-refractivity contribution is 0.0836. The minimum absolute atomic E-state index is 0.320. The second-order valence-electron chi connectivity index (χ2n) is 6.33. The third-order valence-corrected chi connectivity index (χ3v) is 5.78. The summed E-state index contributed by atoms with van der Waals surface area (Å²) < 4.78 is 13.0. The molecule has 0 aliphatic carbocycles. The highest BCUT2D eigenvalue weighted by Crippen LogP contribution is 2.31. The number of nitrogens with zero attached hydrogens (tertiary/aromatic N) is 4. The van der Waals surface area contributed by atoms with Crippen molar-refractivity contribution in [3.63, 3.8) is 0 Å². The number of hydrogen-bond donors (Lipinski definition) is 0. The first kappa shape index (κ1) is 15.2. The molecule has 1 atom stereocenters. The van der Waals surface area contributed by atoms with Gasteiger partial charge in [0.25, 0.3) is 0 Å². The summed E-state index contributed by atoms with van der Waals surface area (Å²) in [7, 11) is 0. The first-order valence-electron chi connectivity index (χ1n) is 8.29. The van der Waals surface area contributed by atoms with Gasteiger partial charge in [-0.2, -0.15) is 4.68 Å². The Morgan fingerprint density at radius 1 is 1.00 bits per heavy atom. The van der Waals surface area contributed by atoms with Gasteiger partial charge in [0.05, 0.1) is 12.3 Å². The molecule has 0 aromatic carbocycles. The summed E-state index contributed by atoms with van der Waals surface area (Å²) in [6, 6.07) is 0. The zero-order valence-corrected chi connectivity index (χ0v) is 14.4. The quantitative estimate of drug-likeness (QED) is 0.864. The monoisotopic (exact) mass is 334 g/mol. The van der Waals surface area contributed by atoms with Crippen LogP contribution in [0.15, 0.2) is 0 Å². The van der Waals surface area contributed by atoms with E-state index in [0.717, 1.165) is 68.2 Å². The van der Waals surface area contributed by atoms with Gasteiger partial charge in [0.15, 0.2) is 5.82 Å². The van der Waals surface area contributed by atoms with E-state index < -0.39 is 0 Å². The summed E-state index contributed by atoms with van der Waals surface area (Å²) in [6.45, 7) is 7.29. The van der Waals surface area contributed by atoms with Crippen LogP contribution in [0.4, 0.5) is 0 Å². The Morgan fingerprint density at radius 3 is 2.39 bits per heavy atom. The third kappa shape index (κ3) is 2.93. The summed E-state index contributed by atoms with van der Waals surface area (Å²) in [4.78, 5) is 10.8. The molecule has 2 saturated heterocycles. The number of rotatable bonds is 3. The molecule has 2 aromatic heterocycles. The van der Waals surface area contributed by atoms with Crippen LogP contribution < -0.4 is 0 Å². The minimum Gasteiger partial charge on any atom is -0.381 e. The highest BCUT2D eigenvalue weighted by molar-refractivity contribution is 7.14. The number of thiazole rings is 1. The van der Waals surface area contributed by atoms with E-state index in [1.807, 2.05) is 11.6 Å². The lowest BCUT2D eigenvalue weighted by atomic mass is 10.00. The molecular weight excluding hydrogens is 312 g/mol. The van der Waals surface area contributed by atoms with Crippen molar-refractivity contribution in [3.8, 4) is 5.13 Å². The number of ether oxygens (including phenoxy) is 2. The minimum atomic E-state index is 0.320. The van der Waals surface area contributed by atoms with E-state index in [1.165, 1.54) is 4.88 Å². The van der Waals surface area contributed by atoms with Crippen molar-refractivity contribution in [2.24, 2.45) is 0 Å². The van der Waals surface area contributed by atoms with E-state index >= 15 is 0 Å². The predicted molar refractivity (Wildman–Crippen MR) is 87.5 cm³/mol. The van der Waals surface area contributed by atoms with Crippen LogP contribution in [-0.4, -0.2) is 46.2 Å². The van der Waals surface area contributed by atoms with Crippen LogP contribution in [0.2, 0.25) is 0 Å². The third-order valence-electron chi connectivity index (χ3n) is 4.73. The molecule has 0 spiro atoms. The fourth-order valence-corrected chi connectivity index (χ4v) is 4.03. The van der Waals surface area contributed by atoms with Gasteiger partial charge in [-0.15, -0.1) is 5.10 Å². The Bertz CT molecular complexity index is 665. The Hall–Kier alpha value is -1.31. The summed E-state index contributed by atoms with van der Waals surface area (Å²) in [6.07, 6.45) is 3.01. The zero-order valence-electron chi connectivity index (χ0n) is 13.6. The first-order chi connectivity index (χ1) is 11.2. The molecular formula is C16H22N4O2S. The molecule has 6 nitrogen and oxygen atoms in total. The van der Waals surface area contributed by atoms with Crippen molar-refractivity contribution in [1.29, 1.82) is 0 Å². The molecule has 2 fully saturated rings. The maximum absolute atomic E-state index is 5.57. The van der Waals surface area contributed by atoms with E-state index in [-0.39, 0.29) is 0 Å². The van der Waals surface area contributed by atoms with Crippen molar-refractivity contribution in [3.05, 3.63) is 22.2 Å². The van der Waals surface area contributed by atoms with E-state index in [4.69, 9.17) is 19.6 Å². The molecule has 4 heterocycles. The summed E-state index contributed by atoms with van der Waals surface area (Å²) in [5.41, 5.74) is 1.07. The van der Waals surface area contributed by atoms with E-state index in [0.29, 0.717) is 11.8 Å². The van der Waals surface area contributed by atoms with Gasteiger partial charge >= 0.3 is 0 Å². The van der Waals surface area contributed by atoms with Gasteiger partial charge < -0.3 is 9.47 Å². The summed E-state index contributed by atoms with van der Waals surface area (Å²) in [5, 5.41) is 5.77. The molecule has 0 unspecified atom stereocenters. The van der Waals surface area contributed by atoms with Crippen molar-refractivity contribution in [2.45, 2.75) is 44.9 Å². The molecule has 2 aromatic rings. The molecule has 0 bridgehead atoms. The van der Waals surface area contributed by atoms with E-state index in [9.17, 15) is 0 Å². The van der Waals surface area contributed by atoms with Crippen LogP contribution >= 0.6 is 11.3 Å². The maximum Gasteiger partial charge on any atom is 0.212 e. The fourth-order valence-electron chi connectivity index (χ4n) is 3.16. The number of aromatic nitrogens is 4. The van der Waals surface area contributed by atoms with Crippen LogP contribution in [0.1, 0.15) is 53.3 Å². The standard InChI is InChI=1S/C16H22N4O2S/c1-10-11(2)23-16(17-10)20-15(13-5-8-22-9-13)18-14(19-20)12-3-6-21-7-4-12/h12-13H,3-9H2,1-2H3/t13-/m1/s1. The summed E-state index contributed by atoms with van der Waals surface area (Å²) >= 11 is 1.68. The normalized spacial score (nSPS) is 22.8. The van der Waals surface area contributed by atoms with E-state index in [2.05, 4.69) is 11.9 Å².